The van der Waals surface area contributed by atoms with E-state index in [1.165, 1.54) is 12.1 Å². The summed E-state index contributed by atoms with van der Waals surface area (Å²) in [5, 5.41) is 8.72. The van der Waals surface area contributed by atoms with Gasteiger partial charge in [-0.15, -0.1) is 0 Å². The third-order valence-corrected chi connectivity index (χ3v) is 4.80. The first-order valence-electron chi connectivity index (χ1n) is 5.51. The molecule has 0 atom stereocenters. The number of benzene rings is 2. The van der Waals surface area contributed by atoms with E-state index in [2.05, 4.69) is 4.72 Å². The minimum atomic E-state index is -3.99. The van der Waals surface area contributed by atoms with E-state index >= 15 is 0 Å². The van der Waals surface area contributed by atoms with E-state index in [-0.39, 0.29) is 16.1 Å². The van der Waals surface area contributed by atoms with E-state index < -0.39 is 21.7 Å². The molecule has 0 heterocycles. The monoisotopic (exact) mass is 420 g/mol. The average Bonchev–Trinajstić information content (AvgIpc) is 2.42. The summed E-state index contributed by atoms with van der Waals surface area (Å²) in [7, 11) is -3.99. The first-order chi connectivity index (χ1) is 9.83. The van der Waals surface area contributed by atoms with Crippen LogP contribution in [0.25, 0.3) is 0 Å². The number of halogens is 3. The third kappa shape index (κ3) is 3.48. The Morgan fingerprint density at radius 2 is 1.86 bits per heavy atom. The molecule has 8 heteroatoms. The van der Waals surface area contributed by atoms with Crippen molar-refractivity contribution in [3.63, 3.8) is 0 Å². The Kier molecular flexibility index (Phi) is 4.43. The van der Waals surface area contributed by atoms with Gasteiger partial charge >= 0.3 is 0 Å². The fraction of sp³-hybridized carbons (Fsp3) is 0. The van der Waals surface area contributed by atoms with Crippen LogP contribution in [0.15, 0.2) is 41.3 Å². The Hall–Kier alpha value is -1.73. The van der Waals surface area contributed by atoms with Crippen LogP contribution in [-0.4, -0.2) is 8.42 Å². The van der Waals surface area contributed by atoms with E-state index in [1.807, 2.05) is 0 Å². The van der Waals surface area contributed by atoms with Crippen LogP contribution in [0.3, 0.4) is 0 Å². The summed E-state index contributed by atoms with van der Waals surface area (Å²) < 4.78 is 53.2. The van der Waals surface area contributed by atoms with Crippen LogP contribution in [0.4, 0.5) is 14.5 Å². The Balaban J connectivity index is 2.41. The molecule has 1 N–H and O–H groups in total. The molecule has 21 heavy (non-hydrogen) atoms. The Morgan fingerprint density at radius 3 is 2.48 bits per heavy atom. The molecule has 0 spiro atoms. The van der Waals surface area contributed by atoms with Gasteiger partial charge < -0.3 is 0 Å². The van der Waals surface area contributed by atoms with Crippen LogP contribution >= 0.6 is 22.6 Å². The molecule has 4 nitrogen and oxygen atoms in total. The molecule has 108 valence electrons. The van der Waals surface area contributed by atoms with Crippen molar-refractivity contribution in [2.75, 3.05) is 4.72 Å². The van der Waals surface area contributed by atoms with Crippen molar-refractivity contribution in [2.24, 2.45) is 0 Å². The number of nitrogens with one attached hydrogen (secondary N) is 1. The first kappa shape index (κ1) is 15.7. The molecule has 2 aromatic rings. The molecule has 0 amide bonds. The molecular weight excluding hydrogens is 413 g/mol. The fourth-order valence-corrected chi connectivity index (χ4v) is 3.43. The summed E-state index contributed by atoms with van der Waals surface area (Å²) in [5.74, 6) is -1.29. The minimum absolute atomic E-state index is 0.194. The maximum Gasteiger partial charge on any atom is 0.261 e. The zero-order chi connectivity index (χ0) is 15.6. The van der Waals surface area contributed by atoms with E-state index in [0.717, 1.165) is 24.3 Å². The van der Waals surface area contributed by atoms with Crippen LogP contribution in [0.5, 0.6) is 0 Å². The second-order valence-electron chi connectivity index (χ2n) is 3.98. The maximum atomic E-state index is 13.2. The van der Waals surface area contributed by atoms with Crippen molar-refractivity contribution in [2.45, 2.75) is 4.90 Å². The highest BCUT2D eigenvalue weighted by atomic mass is 127. The lowest BCUT2D eigenvalue weighted by atomic mass is 10.2. The molecular formula is C13H7F2IN2O2S. The lowest BCUT2D eigenvalue weighted by Gasteiger charge is -2.10. The summed E-state index contributed by atoms with van der Waals surface area (Å²) in [6.45, 7) is 0. The fourth-order valence-electron chi connectivity index (χ4n) is 1.53. The average molecular weight is 420 g/mol. The lowest BCUT2D eigenvalue weighted by Crippen LogP contribution is -2.14. The van der Waals surface area contributed by atoms with Gasteiger partial charge in [0.2, 0.25) is 0 Å². The molecule has 0 aliphatic rings. The normalized spacial score (nSPS) is 11.0. The molecule has 0 unspecified atom stereocenters. The van der Waals surface area contributed by atoms with Crippen LogP contribution in [0.2, 0.25) is 0 Å². The summed E-state index contributed by atoms with van der Waals surface area (Å²) in [6, 6.07) is 8.03. The van der Waals surface area contributed by atoms with Crippen molar-refractivity contribution in [3.05, 3.63) is 57.2 Å². The van der Waals surface area contributed by atoms with E-state index in [4.69, 9.17) is 5.26 Å². The van der Waals surface area contributed by atoms with Crippen LogP contribution in [-0.2, 0) is 10.0 Å². The molecule has 2 rings (SSSR count). The predicted molar refractivity (Wildman–Crippen MR) is 81.0 cm³/mol. The SMILES string of the molecule is N#Cc1cc(S(=O)(=O)Nc2ccc(F)cc2I)ccc1F. The maximum absolute atomic E-state index is 13.2. The van der Waals surface area contributed by atoms with Gasteiger partial charge in [0, 0.05) is 3.57 Å². The zero-order valence-corrected chi connectivity index (χ0v) is 13.2. The van der Waals surface area contributed by atoms with Crippen LogP contribution in [0, 0.1) is 26.5 Å². The largest absolute Gasteiger partial charge is 0.279 e. The highest BCUT2D eigenvalue weighted by molar-refractivity contribution is 14.1. The predicted octanol–water partition coefficient (Wildman–Crippen LogP) is 3.24. The van der Waals surface area contributed by atoms with Crippen molar-refractivity contribution >= 4 is 38.3 Å². The smallest absolute Gasteiger partial charge is 0.261 e. The van der Waals surface area contributed by atoms with Crippen molar-refractivity contribution in [1.82, 2.24) is 0 Å². The third-order valence-electron chi connectivity index (χ3n) is 2.54. The molecule has 0 aliphatic carbocycles. The molecule has 0 fully saturated rings. The van der Waals surface area contributed by atoms with Crippen molar-refractivity contribution in [1.29, 1.82) is 5.26 Å². The van der Waals surface area contributed by atoms with E-state index in [0.29, 0.717) is 3.57 Å². The van der Waals surface area contributed by atoms with E-state index in [9.17, 15) is 17.2 Å². The van der Waals surface area contributed by atoms with Gasteiger partial charge in [-0.2, -0.15) is 5.26 Å². The van der Waals surface area contributed by atoms with Gasteiger partial charge in [-0.3, -0.25) is 4.72 Å². The molecule has 0 aromatic heterocycles. The molecule has 2 aromatic carbocycles. The van der Waals surface area contributed by atoms with Gasteiger partial charge in [0.05, 0.1) is 16.1 Å². The molecule has 0 saturated carbocycles. The van der Waals surface area contributed by atoms with Crippen LogP contribution < -0.4 is 4.72 Å². The molecule has 0 aliphatic heterocycles. The van der Waals surface area contributed by atoms with Gasteiger partial charge in [0.25, 0.3) is 10.0 Å². The summed E-state index contributed by atoms with van der Waals surface area (Å²) in [5.41, 5.74) is -0.175. The van der Waals surface area contributed by atoms with Gasteiger partial charge in [-0.05, 0) is 59.0 Å². The molecule has 0 saturated heterocycles. The van der Waals surface area contributed by atoms with Crippen molar-refractivity contribution < 1.29 is 17.2 Å². The Bertz CT molecular complexity index is 848. The van der Waals surface area contributed by atoms with Gasteiger partial charge in [-0.1, -0.05) is 0 Å². The second-order valence-corrected chi connectivity index (χ2v) is 6.83. The summed E-state index contributed by atoms with van der Waals surface area (Å²) >= 11 is 1.79. The number of hydrogen-bond donors (Lipinski definition) is 1. The Labute approximate surface area is 133 Å². The van der Waals surface area contributed by atoms with Gasteiger partial charge in [0.15, 0.2) is 0 Å². The van der Waals surface area contributed by atoms with Crippen molar-refractivity contribution in [3.8, 4) is 6.07 Å². The Morgan fingerprint density at radius 1 is 1.14 bits per heavy atom. The lowest BCUT2D eigenvalue weighted by molar-refractivity contribution is 0.599. The number of sulfonamides is 1. The minimum Gasteiger partial charge on any atom is -0.279 e. The van der Waals surface area contributed by atoms with Crippen LogP contribution in [0.1, 0.15) is 5.56 Å². The van der Waals surface area contributed by atoms with Gasteiger partial charge in [-0.25, -0.2) is 17.2 Å². The number of rotatable bonds is 3. The summed E-state index contributed by atoms with van der Waals surface area (Å²) in [6.07, 6.45) is 0. The first-order valence-corrected chi connectivity index (χ1v) is 8.07. The highest BCUT2D eigenvalue weighted by Crippen LogP contribution is 2.23. The number of nitrogens with zero attached hydrogens (tertiary/aromatic N) is 1. The van der Waals surface area contributed by atoms with Gasteiger partial charge in [0.1, 0.15) is 17.7 Å². The highest BCUT2D eigenvalue weighted by Gasteiger charge is 2.17. The topological polar surface area (TPSA) is 70.0 Å². The van der Waals surface area contributed by atoms with E-state index in [1.54, 1.807) is 28.7 Å². The quantitative estimate of drug-likeness (QED) is 0.776. The molecule has 0 radical (unpaired) electrons. The number of hydrogen-bond acceptors (Lipinski definition) is 3. The standard InChI is InChI=1S/C13H7F2IN2O2S/c14-9-1-4-13(12(16)6-9)18-21(19,20)10-2-3-11(15)8(5-10)7-17/h1-6,18H. The summed E-state index contributed by atoms with van der Waals surface area (Å²) in [4.78, 5) is -0.249. The number of nitriles is 1. The number of anilines is 1. The zero-order valence-electron chi connectivity index (χ0n) is 10.3. The second kappa shape index (κ2) is 5.95. The molecule has 0 bridgehead atoms.